The van der Waals surface area contributed by atoms with E-state index in [0.717, 1.165) is 32.4 Å². The smallest absolute Gasteiger partial charge is 0.164 e. The van der Waals surface area contributed by atoms with Gasteiger partial charge in [-0.3, -0.25) is 0 Å². The third-order valence-electron chi connectivity index (χ3n) is 9.49. The number of rotatable bonds is 4. The number of hydrogen-bond acceptors (Lipinski definition) is 3. The molecule has 0 atom stereocenters. The van der Waals surface area contributed by atoms with Gasteiger partial charge in [0.25, 0.3) is 0 Å². The van der Waals surface area contributed by atoms with Crippen molar-refractivity contribution in [3.63, 3.8) is 0 Å². The van der Waals surface area contributed by atoms with Crippen LogP contribution >= 0.6 is 15.9 Å². The number of hydrogen-bond donors (Lipinski definition) is 0. The Labute approximate surface area is 281 Å². The van der Waals surface area contributed by atoms with Crippen LogP contribution < -0.4 is 0 Å². The second-order valence-electron chi connectivity index (χ2n) is 12.7. The Morgan fingerprint density at radius 3 is 1.79 bits per heavy atom. The van der Waals surface area contributed by atoms with Crippen LogP contribution in [0, 0.1) is 0 Å². The van der Waals surface area contributed by atoms with Gasteiger partial charge in [-0.2, -0.15) is 0 Å². The average molecular weight is 670 g/mol. The summed E-state index contributed by atoms with van der Waals surface area (Å²) in [6, 6.07) is 49.0. The summed E-state index contributed by atoms with van der Waals surface area (Å²) in [6.45, 7) is 4.67. The summed E-state index contributed by atoms with van der Waals surface area (Å²) >= 11 is 3.75. The van der Waals surface area contributed by atoms with Gasteiger partial charge >= 0.3 is 0 Å². The lowest BCUT2D eigenvalue weighted by Crippen LogP contribution is -2.14. The Kier molecular flexibility index (Phi) is 6.28. The third kappa shape index (κ3) is 4.45. The molecule has 47 heavy (non-hydrogen) atoms. The average Bonchev–Trinajstić information content (AvgIpc) is 3.55. The quantitative estimate of drug-likeness (QED) is 0.187. The van der Waals surface area contributed by atoms with E-state index in [1.807, 2.05) is 60.7 Å². The standard InChI is InChI=1S/C42H29BrN4/c1-42(2)35-19-10-9-18-31(35)32-24-34-33-23-29(43)20-21-37(33)47(38(34)25-36(32)42)30-17-11-16-28(22-30)41-45-39(26-12-5-3-6-13-26)44-40(46-41)27-14-7-4-8-15-27/h3-25H,1-2H3. The summed E-state index contributed by atoms with van der Waals surface area (Å²) in [5.41, 5.74) is 11.5. The summed E-state index contributed by atoms with van der Waals surface area (Å²) in [5.74, 6) is 1.94. The van der Waals surface area contributed by atoms with Crippen molar-refractivity contribution in [3.8, 4) is 51.0 Å². The van der Waals surface area contributed by atoms with Crippen LogP contribution in [0.3, 0.4) is 0 Å². The molecule has 0 bridgehead atoms. The van der Waals surface area contributed by atoms with E-state index in [4.69, 9.17) is 15.0 Å². The summed E-state index contributed by atoms with van der Waals surface area (Å²) in [4.78, 5) is 14.9. The number of fused-ring (bicyclic) bond motifs is 6. The van der Waals surface area contributed by atoms with E-state index >= 15 is 0 Å². The highest BCUT2D eigenvalue weighted by atomic mass is 79.9. The molecule has 0 N–H and O–H groups in total. The molecule has 0 aliphatic heterocycles. The van der Waals surface area contributed by atoms with Crippen LogP contribution in [0.2, 0.25) is 0 Å². The van der Waals surface area contributed by atoms with Gasteiger partial charge < -0.3 is 4.57 Å². The molecular weight excluding hydrogens is 640 g/mol. The fraction of sp³-hybridized carbons (Fsp3) is 0.0714. The highest BCUT2D eigenvalue weighted by Crippen LogP contribution is 2.51. The Hall–Kier alpha value is -5.39. The molecule has 0 saturated carbocycles. The van der Waals surface area contributed by atoms with Crippen LogP contribution in [0.4, 0.5) is 0 Å². The second-order valence-corrected chi connectivity index (χ2v) is 13.6. The highest BCUT2D eigenvalue weighted by Gasteiger charge is 2.36. The van der Waals surface area contributed by atoms with Gasteiger partial charge in [0.2, 0.25) is 0 Å². The molecule has 1 aliphatic rings. The molecule has 9 rings (SSSR count). The molecule has 2 aromatic heterocycles. The Bertz CT molecular complexity index is 2440. The van der Waals surface area contributed by atoms with Gasteiger partial charge in [0.15, 0.2) is 17.5 Å². The minimum atomic E-state index is -0.101. The molecule has 5 heteroatoms. The van der Waals surface area contributed by atoms with Gasteiger partial charge in [0.05, 0.1) is 11.0 Å². The lowest BCUT2D eigenvalue weighted by atomic mass is 9.82. The first kappa shape index (κ1) is 27.9. The van der Waals surface area contributed by atoms with Gasteiger partial charge in [0, 0.05) is 43.0 Å². The van der Waals surface area contributed by atoms with Gasteiger partial charge in [-0.15, -0.1) is 0 Å². The van der Waals surface area contributed by atoms with Crippen molar-refractivity contribution in [1.82, 2.24) is 19.5 Å². The molecule has 0 radical (unpaired) electrons. The van der Waals surface area contributed by atoms with E-state index in [-0.39, 0.29) is 5.41 Å². The van der Waals surface area contributed by atoms with Crippen LogP contribution in [-0.4, -0.2) is 19.5 Å². The van der Waals surface area contributed by atoms with Gasteiger partial charge in [-0.1, -0.05) is 127 Å². The Balaban J connectivity index is 1.27. The van der Waals surface area contributed by atoms with E-state index in [0.29, 0.717) is 17.5 Å². The summed E-state index contributed by atoms with van der Waals surface area (Å²) in [7, 11) is 0. The first-order chi connectivity index (χ1) is 23.0. The Morgan fingerprint density at radius 2 is 1.09 bits per heavy atom. The van der Waals surface area contributed by atoms with E-state index in [2.05, 4.69) is 113 Å². The maximum atomic E-state index is 5.01. The van der Waals surface area contributed by atoms with Gasteiger partial charge in [-0.05, 0) is 64.7 Å². The molecule has 0 amide bonds. The van der Waals surface area contributed by atoms with E-state index in [1.54, 1.807) is 0 Å². The maximum absolute atomic E-state index is 5.01. The largest absolute Gasteiger partial charge is 0.309 e. The number of halogens is 1. The van der Waals surface area contributed by atoms with Crippen molar-refractivity contribution >= 4 is 37.7 Å². The molecule has 8 aromatic rings. The number of aromatic nitrogens is 4. The molecule has 0 spiro atoms. The van der Waals surface area contributed by atoms with Crippen molar-refractivity contribution in [3.05, 3.63) is 155 Å². The maximum Gasteiger partial charge on any atom is 0.164 e. The van der Waals surface area contributed by atoms with Crippen LogP contribution in [0.25, 0.3) is 72.8 Å². The van der Waals surface area contributed by atoms with E-state index in [9.17, 15) is 0 Å². The molecule has 224 valence electrons. The number of benzene rings is 6. The van der Waals surface area contributed by atoms with Crippen LogP contribution in [0.1, 0.15) is 25.0 Å². The number of nitrogens with zero attached hydrogens (tertiary/aromatic N) is 4. The molecule has 4 nitrogen and oxygen atoms in total. The SMILES string of the molecule is CC1(C)c2ccccc2-c2cc3c4cc(Br)ccc4n(-c4cccc(-c5nc(-c6ccccc6)nc(-c6ccccc6)n5)c4)c3cc21. The summed E-state index contributed by atoms with van der Waals surface area (Å²) < 4.78 is 3.45. The normalized spacial score (nSPS) is 13.2. The van der Waals surface area contributed by atoms with Gasteiger partial charge in [-0.25, -0.2) is 15.0 Å². The minimum absolute atomic E-state index is 0.101. The summed E-state index contributed by atoms with van der Waals surface area (Å²) in [5, 5.41) is 2.44. The van der Waals surface area contributed by atoms with Crippen LogP contribution in [-0.2, 0) is 5.41 Å². The van der Waals surface area contributed by atoms with E-state index < -0.39 is 0 Å². The second kappa shape index (κ2) is 10.6. The van der Waals surface area contributed by atoms with Crippen molar-refractivity contribution in [2.75, 3.05) is 0 Å². The molecule has 0 fully saturated rings. The van der Waals surface area contributed by atoms with Crippen LogP contribution in [0.5, 0.6) is 0 Å². The van der Waals surface area contributed by atoms with Crippen molar-refractivity contribution in [1.29, 1.82) is 0 Å². The first-order valence-electron chi connectivity index (χ1n) is 15.8. The fourth-order valence-corrected chi connectivity index (χ4v) is 7.55. The van der Waals surface area contributed by atoms with Crippen LogP contribution in [0.15, 0.2) is 144 Å². The monoisotopic (exact) mass is 668 g/mol. The summed E-state index contributed by atoms with van der Waals surface area (Å²) in [6.07, 6.45) is 0. The molecule has 6 aromatic carbocycles. The zero-order valence-electron chi connectivity index (χ0n) is 25.9. The third-order valence-corrected chi connectivity index (χ3v) is 9.99. The Morgan fingerprint density at radius 1 is 0.489 bits per heavy atom. The lowest BCUT2D eigenvalue weighted by molar-refractivity contribution is 0.661. The van der Waals surface area contributed by atoms with Gasteiger partial charge in [0.1, 0.15) is 0 Å². The van der Waals surface area contributed by atoms with Crippen molar-refractivity contribution in [2.24, 2.45) is 0 Å². The molecule has 1 aliphatic carbocycles. The molecule has 0 saturated heterocycles. The molecule has 2 heterocycles. The lowest BCUT2D eigenvalue weighted by Gasteiger charge is -2.21. The minimum Gasteiger partial charge on any atom is -0.309 e. The fourth-order valence-electron chi connectivity index (χ4n) is 7.19. The van der Waals surface area contributed by atoms with E-state index in [1.165, 1.54) is 38.5 Å². The zero-order valence-corrected chi connectivity index (χ0v) is 27.5. The topological polar surface area (TPSA) is 43.6 Å². The molecule has 0 unspecified atom stereocenters. The highest BCUT2D eigenvalue weighted by molar-refractivity contribution is 9.10. The predicted octanol–water partition coefficient (Wildman–Crippen LogP) is 11.0. The molecular formula is C42H29BrN4. The van der Waals surface area contributed by atoms with Crippen molar-refractivity contribution in [2.45, 2.75) is 19.3 Å². The predicted molar refractivity (Wildman–Crippen MR) is 196 cm³/mol. The van der Waals surface area contributed by atoms with Crippen molar-refractivity contribution < 1.29 is 0 Å². The zero-order chi connectivity index (χ0) is 31.7. The first-order valence-corrected chi connectivity index (χ1v) is 16.6.